The second-order valence-electron chi connectivity index (χ2n) is 11.5. The van der Waals surface area contributed by atoms with Crippen LogP contribution in [0.15, 0.2) is 0 Å². The van der Waals surface area contributed by atoms with Crippen molar-refractivity contribution in [2.24, 2.45) is 17.8 Å². The van der Waals surface area contributed by atoms with Gasteiger partial charge in [0.25, 0.3) is 0 Å². The number of carbonyl (C=O) groups excluding carboxylic acids is 5. The summed E-state index contributed by atoms with van der Waals surface area (Å²) in [6.45, 7) is 2.89. The lowest BCUT2D eigenvalue weighted by Gasteiger charge is -2.42. The van der Waals surface area contributed by atoms with E-state index in [0.717, 1.165) is 0 Å². The molecule has 0 aromatic rings. The third-order valence-corrected chi connectivity index (χ3v) is 7.77. The zero-order valence-electron chi connectivity index (χ0n) is 27.2. The van der Waals surface area contributed by atoms with Crippen molar-refractivity contribution in [1.82, 2.24) is 26.6 Å². The minimum atomic E-state index is -1.58. The molecule has 276 valence electrons. The molecule has 0 saturated heterocycles. The summed E-state index contributed by atoms with van der Waals surface area (Å²) in [5.41, 5.74) is 0. The number of amides is 5. The second kappa shape index (κ2) is 21.9. The molecule has 49 heavy (non-hydrogen) atoms. The lowest BCUT2D eigenvalue weighted by molar-refractivity contribution is -0.150. The summed E-state index contributed by atoms with van der Waals surface area (Å²) in [6, 6.07) is -3.84. The maximum atomic E-state index is 12.4. The Morgan fingerprint density at radius 3 is 1.80 bits per heavy atom. The summed E-state index contributed by atoms with van der Waals surface area (Å²) in [5, 5.41) is 47.7. The highest BCUT2D eigenvalue weighted by atomic mass is 16.5. The van der Waals surface area contributed by atoms with Crippen LogP contribution >= 0.6 is 0 Å². The van der Waals surface area contributed by atoms with Crippen LogP contribution in [0.5, 0.6) is 0 Å². The molecule has 0 aromatic heterocycles. The van der Waals surface area contributed by atoms with Crippen molar-refractivity contribution in [3.63, 3.8) is 0 Å². The highest BCUT2D eigenvalue weighted by Crippen LogP contribution is 2.41. The molecule has 0 spiro atoms. The van der Waals surface area contributed by atoms with Crippen molar-refractivity contribution in [2.75, 3.05) is 39.5 Å². The summed E-state index contributed by atoms with van der Waals surface area (Å²) >= 11 is 0. The first kappa shape index (κ1) is 42.2. The van der Waals surface area contributed by atoms with Gasteiger partial charge in [-0.3, -0.25) is 28.8 Å². The van der Waals surface area contributed by atoms with Gasteiger partial charge in [-0.2, -0.15) is 0 Å². The molecule has 0 aromatic carbocycles. The molecule has 1 saturated carbocycles. The Hall–Kier alpha value is -4.85. The van der Waals surface area contributed by atoms with Gasteiger partial charge in [0.2, 0.25) is 23.6 Å². The molecule has 1 rings (SSSR count). The molecule has 0 heterocycles. The van der Waals surface area contributed by atoms with Crippen LogP contribution in [-0.2, 0) is 52.6 Å². The maximum absolute atomic E-state index is 12.4. The largest absolute Gasteiger partial charge is 0.480 e. The van der Waals surface area contributed by atoms with Gasteiger partial charge in [-0.25, -0.2) is 14.4 Å². The average molecular weight is 704 g/mol. The van der Waals surface area contributed by atoms with Gasteiger partial charge in [-0.05, 0) is 43.9 Å². The van der Waals surface area contributed by atoms with E-state index in [0.29, 0.717) is 6.42 Å². The lowest BCUT2D eigenvalue weighted by atomic mass is 9.64. The molecule has 1 aliphatic carbocycles. The molecule has 20 nitrogen and oxygen atoms in total. The number of hydrogen-bond donors (Lipinski definition) is 9. The third kappa shape index (κ3) is 17.2. The number of carbonyl (C=O) groups is 9. The smallest absolute Gasteiger partial charge is 0.394 e. The van der Waals surface area contributed by atoms with E-state index in [-0.39, 0.29) is 82.8 Å². The molecule has 0 radical (unpaired) electrons. The van der Waals surface area contributed by atoms with Crippen molar-refractivity contribution in [2.45, 2.75) is 70.5 Å². The highest BCUT2D eigenvalue weighted by molar-refractivity contribution is 6.31. The Morgan fingerprint density at radius 2 is 1.24 bits per heavy atom. The van der Waals surface area contributed by atoms with E-state index in [2.05, 4.69) is 26.6 Å². The first-order chi connectivity index (χ1) is 23.0. The Bertz CT molecular complexity index is 1210. The minimum Gasteiger partial charge on any atom is -0.480 e. The van der Waals surface area contributed by atoms with Crippen molar-refractivity contribution >= 4 is 53.4 Å². The molecule has 5 amide bonds. The molecule has 0 bridgehead atoms. The first-order valence-electron chi connectivity index (χ1n) is 15.5. The van der Waals surface area contributed by atoms with E-state index >= 15 is 0 Å². The van der Waals surface area contributed by atoms with Gasteiger partial charge in [0.05, 0.1) is 19.8 Å². The Balaban J connectivity index is 2.20. The standard InChI is InChI=1S/C29H45N5O15/c1-15-17(11-18(15)13-31-25(39)29(46)47)12-23(37)33-19(27(42)43)3-5-21(35)30-7-8-48-9-10-49-14-24(38)34-20(28(44)45)4-6-22(36)32-16(2)26(40)41/h15-20H,3-14H2,1-2H3,(H,30,35)(H,31,39)(H,32,36)(H,33,37)(H,34,38)(H,40,41)(H,42,43)(H,44,45)(H,46,47)/t15?,16?,17?,18?,19-,20-/m0/s1. The predicted octanol–water partition coefficient (Wildman–Crippen LogP) is -2.71. The van der Waals surface area contributed by atoms with Crippen LogP contribution in [0.1, 0.15) is 52.4 Å². The Kier molecular flexibility index (Phi) is 18.9. The number of aliphatic carboxylic acids is 4. The predicted molar refractivity (Wildman–Crippen MR) is 164 cm³/mol. The average Bonchev–Trinajstić information content (AvgIpc) is 3.02. The Labute approximate surface area is 281 Å². The fraction of sp³-hybridized carbons (Fsp3) is 0.690. The number of nitrogens with one attached hydrogen (secondary N) is 5. The number of ether oxygens (including phenoxy) is 2. The van der Waals surface area contributed by atoms with Gasteiger partial charge < -0.3 is 56.5 Å². The fourth-order valence-corrected chi connectivity index (χ4v) is 4.75. The van der Waals surface area contributed by atoms with Crippen LogP contribution in [-0.4, -0.2) is 131 Å². The van der Waals surface area contributed by atoms with E-state index in [1.54, 1.807) is 0 Å². The van der Waals surface area contributed by atoms with Gasteiger partial charge in [-0.15, -0.1) is 0 Å². The molecular weight excluding hydrogens is 658 g/mol. The summed E-state index contributed by atoms with van der Waals surface area (Å²) < 4.78 is 10.4. The van der Waals surface area contributed by atoms with Gasteiger partial charge in [0.1, 0.15) is 24.7 Å². The van der Waals surface area contributed by atoms with Gasteiger partial charge in [0, 0.05) is 32.4 Å². The third-order valence-electron chi connectivity index (χ3n) is 7.77. The van der Waals surface area contributed by atoms with Crippen molar-refractivity contribution < 1.29 is 73.1 Å². The van der Waals surface area contributed by atoms with Crippen molar-refractivity contribution in [3.05, 3.63) is 0 Å². The summed E-state index contributed by atoms with van der Waals surface area (Å²) in [4.78, 5) is 104. The monoisotopic (exact) mass is 703 g/mol. The van der Waals surface area contributed by atoms with Crippen LogP contribution in [0.3, 0.4) is 0 Å². The van der Waals surface area contributed by atoms with Gasteiger partial charge >= 0.3 is 29.8 Å². The zero-order chi connectivity index (χ0) is 37.1. The second-order valence-corrected chi connectivity index (χ2v) is 11.5. The van der Waals surface area contributed by atoms with Crippen LogP contribution in [0.2, 0.25) is 0 Å². The molecule has 20 heteroatoms. The molecular formula is C29H45N5O15. The summed E-state index contributed by atoms with van der Waals surface area (Å²) in [5.74, 6) is -9.11. The van der Waals surface area contributed by atoms with E-state index in [1.807, 2.05) is 6.92 Å². The van der Waals surface area contributed by atoms with Crippen LogP contribution in [0, 0.1) is 17.8 Å². The Morgan fingerprint density at radius 1 is 0.673 bits per heavy atom. The van der Waals surface area contributed by atoms with Crippen molar-refractivity contribution in [3.8, 4) is 0 Å². The highest BCUT2D eigenvalue weighted by Gasteiger charge is 2.39. The lowest BCUT2D eigenvalue weighted by Crippen LogP contribution is -2.47. The summed E-state index contributed by atoms with van der Waals surface area (Å²) in [7, 11) is 0. The quantitative estimate of drug-likeness (QED) is 0.0365. The fourth-order valence-electron chi connectivity index (χ4n) is 4.75. The molecule has 4 unspecified atom stereocenters. The maximum Gasteiger partial charge on any atom is 0.394 e. The molecule has 0 aliphatic heterocycles. The normalized spacial score (nSPS) is 18.4. The number of carboxylic acid groups (broad SMARTS) is 4. The zero-order valence-corrected chi connectivity index (χ0v) is 27.2. The molecule has 6 atom stereocenters. The van der Waals surface area contributed by atoms with E-state index in [4.69, 9.17) is 19.7 Å². The van der Waals surface area contributed by atoms with Crippen LogP contribution in [0.25, 0.3) is 0 Å². The van der Waals surface area contributed by atoms with Gasteiger partial charge in [-0.1, -0.05) is 6.92 Å². The molecule has 1 fully saturated rings. The van der Waals surface area contributed by atoms with E-state index in [9.17, 15) is 53.4 Å². The van der Waals surface area contributed by atoms with E-state index < -0.39 is 78.1 Å². The van der Waals surface area contributed by atoms with Crippen LogP contribution < -0.4 is 26.6 Å². The van der Waals surface area contributed by atoms with Crippen molar-refractivity contribution in [1.29, 1.82) is 0 Å². The first-order valence-corrected chi connectivity index (χ1v) is 15.5. The van der Waals surface area contributed by atoms with E-state index in [1.165, 1.54) is 6.92 Å². The summed E-state index contributed by atoms with van der Waals surface area (Å²) in [6.07, 6.45) is -0.344. The molecule has 9 N–H and O–H groups in total. The molecule has 1 aliphatic rings. The minimum absolute atomic E-state index is 0.0000579. The number of carboxylic acids is 4. The number of rotatable bonds is 24. The number of hydrogen-bond acceptors (Lipinski definition) is 11. The topological polar surface area (TPSA) is 313 Å². The van der Waals surface area contributed by atoms with Crippen LogP contribution in [0.4, 0.5) is 0 Å². The SMILES string of the molecule is CC(NC(=O)CC[C@H](NC(=O)COCCOCCNC(=O)CC[C@H](NC(=O)CC1CC(CNC(=O)C(=O)O)C1C)C(=O)O)C(=O)O)C(=O)O. The van der Waals surface area contributed by atoms with Gasteiger partial charge in [0.15, 0.2) is 0 Å².